The quantitative estimate of drug-likeness (QED) is 0.586. The standard InChI is InChI=1S/C11H14O3/c1-6-4-7-2-3-9-11(7,13)8(5-6)10(12)14-9/h5-7,9,13H,2-4H2,1H3/t6?,7?,9-,11+/m1/s1. The Labute approximate surface area is 82.8 Å². The van der Waals surface area contributed by atoms with Crippen LogP contribution < -0.4 is 0 Å². The minimum Gasteiger partial charge on any atom is -0.455 e. The molecule has 76 valence electrons. The normalized spacial score (nSPS) is 50.0. The van der Waals surface area contributed by atoms with Crippen molar-refractivity contribution in [3.8, 4) is 0 Å². The summed E-state index contributed by atoms with van der Waals surface area (Å²) in [5, 5.41) is 10.5. The maximum absolute atomic E-state index is 11.5. The third kappa shape index (κ3) is 0.793. The highest BCUT2D eigenvalue weighted by Gasteiger charge is 2.61. The molecule has 14 heavy (non-hydrogen) atoms. The first-order valence-electron chi connectivity index (χ1n) is 5.28. The second-order valence-corrected chi connectivity index (χ2v) is 4.79. The van der Waals surface area contributed by atoms with Gasteiger partial charge in [-0.2, -0.15) is 0 Å². The van der Waals surface area contributed by atoms with Crippen molar-refractivity contribution in [2.45, 2.75) is 37.9 Å². The summed E-state index contributed by atoms with van der Waals surface area (Å²) >= 11 is 0. The summed E-state index contributed by atoms with van der Waals surface area (Å²) in [6.45, 7) is 2.09. The van der Waals surface area contributed by atoms with Crippen LogP contribution >= 0.6 is 0 Å². The summed E-state index contributed by atoms with van der Waals surface area (Å²) in [6.07, 6.45) is 4.41. The van der Waals surface area contributed by atoms with Crippen molar-refractivity contribution in [2.75, 3.05) is 0 Å². The Morgan fingerprint density at radius 1 is 1.57 bits per heavy atom. The molecule has 2 unspecified atom stereocenters. The van der Waals surface area contributed by atoms with Gasteiger partial charge in [0.25, 0.3) is 0 Å². The molecule has 1 N–H and O–H groups in total. The summed E-state index contributed by atoms with van der Waals surface area (Å²) in [5.41, 5.74) is -0.410. The van der Waals surface area contributed by atoms with Gasteiger partial charge < -0.3 is 9.84 Å². The molecule has 0 bridgehead atoms. The number of hydrogen-bond donors (Lipinski definition) is 1. The Kier molecular flexibility index (Phi) is 1.45. The lowest BCUT2D eigenvalue weighted by Gasteiger charge is -2.33. The maximum atomic E-state index is 11.5. The van der Waals surface area contributed by atoms with Gasteiger partial charge in [0, 0.05) is 0 Å². The van der Waals surface area contributed by atoms with Crippen LogP contribution in [-0.2, 0) is 9.53 Å². The molecular formula is C11H14O3. The number of aliphatic hydroxyl groups is 1. The molecule has 2 aliphatic carbocycles. The summed E-state index contributed by atoms with van der Waals surface area (Å²) in [4.78, 5) is 11.5. The number of hydrogen-bond acceptors (Lipinski definition) is 3. The summed E-state index contributed by atoms with van der Waals surface area (Å²) in [6, 6.07) is 0. The zero-order valence-electron chi connectivity index (χ0n) is 8.19. The molecule has 1 saturated heterocycles. The summed E-state index contributed by atoms with van der Waals surface area (Å²) in [7, 11) is 0. The van der Waals surface area contributed by atoms with E-state index in [0.29, 0.717) is 11.5 Å². The van der Waals surface area contributed by atoms with Crippen LogP contribution in [0.25, 0.3) is 0 Å². The lowest BCUT2D eigenvalue weighted by atomic mass is 9.73. The van der Waals surface area contributed by atoms with E-state index in [9.17, 15) is 9.90 Å². The number of carbonyl (C=O) groups excluding carboxylic acids is 1. The minimum absolute atomic E-state index is 0.231. The molecule has 0 spiro atoms. The molecule has 4 atom stereocenters. The van der Waals surface area contributed by atoms with Crippen LogP contribution in [0, 0.1) is 11.8 Å². The predicted molar refractivity (Wildman–Crippen MR) is 49.4 cm³/mol. The molecule has 1 saturated carbocycles. The minimum atomic E-state index is -0.941. The average molecular weight is 194 g/mol. The van der Waals surface area contributed by atoms with Crippen LogP contribution in [-0.4, -0.2) is 22.8 Å². The van der Waals surface area contributed by atoms with E-state index in [1.165, 1.54) is 0 Å². The van der Waals surface area contributed by atoms with Crippen molar-refractivity contribution >= 4 is 5.97 Å². The van der Waals surface area contributed by atoms with Gasteiger partial charge in [-0.25, -0.2) is 4.79 Å². The van der Waals surface area contributed by atoms with Crippen LogP contribution in [0.4, 0.5) is 0 Å². The van der Waals surface area contributed by atoms with Gasteiger partial charge in [0.15, 0.2) is 0 Å². The SMILES string of the molecule is CC1C=C2C(=O)O[C@@H]3CCC(C1)[C@]23O. The molecule has 0 amide bonds. The van der Waals surface area contributed by atoms with E-state index in [0.717, 1.165) is 19.3 Å². The molecule has 2 fully saturated rings. The largest absolute Gasteiger partial charge is 0.455 e. The Hall–Kier alpha value is -0.830. The molecule has 0 radical (unpaired) electrons. The van der Waals surface area contributed by atoms with Gasteiger partial charge in [-0.15, -0.1) is 0 Å². The molecular weight excluding hydrogens is 180 g/mol. The highest BCUT2D eigenvalue weighted by Crippen LogP contribution is 2.52. The smallest absolute Gasteiger partial charge is 0.337 e. The van der Waals surface area contributed by atoms with Crippen molar-refractivity contribution in [3.63, 3.8) is 0 Å². The highest BCUT2D eigenvalue weighted by atomic mass is 16.6. The molecule has 1 aliphatic heterocycles. The van der Waals surface area contributed by atoms with Crippen LogP contribution in [0.15, 0.2) is 11.6 Å². The van der Waals surface area contributed by atoms with Crippen LogP contribution in [0.2, 0.25) is 0 Å². The first-order chi connectivity index (χ1) is 6.62. The molecule has 3 nitrogen and oxygen atoms in total. The fourth-order valence-corrected chi connectivity index (χ4v) is 3.25. The zero-order chi connectivity index (χ0) is 9.92. The fourth-order valence-electron chi connectivity index (χ4n) is 3.25. The van der Waals surface area contributed by atoms with E-state index in [2.05, 4.69) is 6.92 Å². The van der Waals surface area contributed by atoms with Crippen molar-refractivity contribution < 1.29 is 14.6 Å². The number of carbonyl (C=O) groups is 1. The maximum Gasteiger partial charge on any atom is 0.337 e. The van der Waals surface area contributed by atoms with Gasteiger partial charge in [-0.05, 0) is 31.1 Å². The van der Waals surface area contributed by atoms with Gasteiger partial charge in [0.2, 0.25) is 0 Å². The van der Waals surface area contributed by atoms with Gasteiger partial charge in [0.1, 0.15) is 11.7 Å². The zero-order valence-corrected chi connectivity index (χ0v) is 8.19. The van der Waals surface area contributed by atoms with Crippen molar-refractivity contribution in [2.24, 2.45) is 11.8 Å². The lowest BCUT2D eigenvalue weighted by molar-refractivity contribution is -0.140. The predicted octanol–water partition coefficient (Wildman–Crippen LogP) is 1.02. The van der Waals surface area contributed by atoms with Gasteiger partial charge in [-0.1, -0.05) is 13.0 Å². The number of allylic oxidation sites excluding steroid dienone is 1. The number of rotatable bonds is 0. The van der Waals surface area contributed by atoms with Crippen LogP contribution in [0.5, 0.6) is 0 Å². The van der Waals surface area contributed by atoms with Crippen molar-refractivity contribution in [1.29, 1.82) is 0 Å². The monoisotopic (exact) mass is 194 g/mol. The Morgan fingerprint density at radius 3 is 3.14 bits per heavy atom. The van der Waals surface area contributed by atoms with E-state index >= 15 is 0 Å². The molecule has 3 heteroatoms. The molecule has 3 rings (SSSR count). The Bertz CT molecular complexity index is 333. The van der Waals surface area contributed by atoms with Gasteiger partial charge >= 0.3 is 5.97 Å². The third-order valence-electron chi connectivity index (χ3n) is 3.90. The Morgan fingerprint density at radius 2 is 2.36 bits per heavy atom. The first kappa shape index (κ1) is 8.48. The molecule has 1 heterocycles. The summed E-state index contributed by atoms with van der Waals surface area (Å²) < 4.78 is 5.19. The van der Waals surface area contributed by atoms with E-state index in [1.807, 2.05) is 6.08 Å². The highest BCUT2D eigenvalue weighted by molar-refractivity contribution is 5.94. The van der Waals surface area contributed by atoms with E-state index in [4.69, 9.17) is 4.74 Å². The third-order valence-corrected chi connectivity index (χ3v) is 3.90. The van der Waals surface area contributed by atoms with Crippen LogP contribution in [0.3, 0.4) is 0 Å². The summed E-state index contributed by atoms with van der Waals surface area (Å²) in [5.74, 6) is 0.322. The molecule has 0 aromatic carbocycles. The van der Waals surface area contributed by atoms with E-state index < -0.39 is 5.60 Å². The number of ether oxygens (including phenoxy) is 1. The van der Waals surface area contributed by atoms with Crippen molar-refractivity contribution in [3.05, 3.63) is 11.6 Å². The van der Waals surface area contributed by atoms with E-state index in [1.54, 1.807) is 0 Å². The fraction of sp³-hybridized carbons (Fsp3) is 0.727. The molecule has 0 aromatic rings. The van der Waals surface area contributed by atoms with Gasteiger partial charge in [0.05, 0.1) is 5.57 Å². The van der Waals surface area contributed by atoms with Crippen molar-refractivity contribution in [1.82, 2.24) is 0 Å². The van der Waals surface area contributed by atoms with E-state index in [-0.39, 0.29) is 18.0 Å². The topological polar surface area (TPSA) is 46.5 Å². The van der Waals surface area contributed by atoms with Crippen LogP contribution in [0.1, 0.15) is 26.2 Å². The molecule has 3 aliphatic rings. The lowest BCUT2D eigenvalue weighted by Crippen LogP contribution is -2.43. The van der Waals surface area contributed by atoms with Gasteiger partial charge in [-0.3, -0.25) is 0 Å². The Balaban J connectivity index is 2.14. The second kappa shape index (κ2) is 2.40. The number of esters is 1. The second-order valence-electron chi connectivity index (χ2n) is 4.79. The molecule has 0 aromatic heterocycles. The average Bonchev–Trinajstić information content (AvgIpc) is 2.55. The first-order valence-corrected chi connectivity index (χ1v) is 5.28.